The molecule has 3 rings (SSSR count). The van der Waals surface area contributed by atoms with Gasteiger partial charge in [0.15, 0.2) is 6.61 Å². The Morgan fingerprint density at radius 2 is 2.07 bits per heavy atom. The zero-order chi connectivity index (χ0) is 19.6. The summed E-state index contributed by atoms with van der Waals surface area (Å²) in [5.41, 5.74) is 0.0585. The predicted octanol–water partition coefficient (Wildman–Crippen LogP) is -0.784. The topological polar surface area (TPSA) is 122 Å². The summed E-state index contributed by atoms with van der Waals surface area (Å²) in [6.45, 7) is -0.353. The molecule has 1 fully saturated rings. The Hall–Kier alpha value is -3.67. The molecule has 1 aromatic rings. The van der Waals surface area contributed by atoms with Crippen LogP contribution in [0.3, 0.4) is 0 Å². The molecule has 5 amide bonds. The van der Waals surface area contributed by atoms with Crippen molar-refractivity contribution < 1.29 is 28.7 Å². The highest BCUT2D eigenvalue weighted by molar-refractivity contribution is 6.24. The number of fused-ring (bicyclic) bond motifs is 1. The van der Waals surface area contributed by atoms with Crippen LogP contribution in [0.4, 0.5) is 0 Å². The van der Waals surface area contributed by atoms with Crippen molar-refractivity contribution >= 4 is 29.5 Å². The molecule has 9 nitrogen and oxygen atoms in total. The number of amides is 5. The van der Waals surface area contributed by atoms with Crippen molar-refractivity contribution in [3.05, 3.63) is 29.3 Å². The van der Waals surface area contributed by atoms with E-state index in [0.717, 1.165) is 4.90 Å². The van der Waals surface area contributed by atoms with E-state index in [1.165, 1.54) is 18.2 Å². The third-order valence-corrected chi connectivity index (χ3v) is 4.18. The molecule has 0 saturated carbocycles. The first-order valence-corrected chi connectivity index (χ1v) is 8.11. The summed E-state index contributed by atoms with van der Waals surface area (Å²) in [5.74, 6) is -0.681. The van der Waals surface area contributed by atoms with Gasteiger partial charge in [-0.2, -0.15) is 0 Å². The molecular weight excluding hydrogens is 354 g/mol. The van der Waals surface area contributed by atoms with E-state index in [1.807, 2.05) is 0 Å². The van der Waals surface area contributed by atoms with Gasteiger partial charge in [-0.3, -0.25) is 34.2 Å². The molecule has 0 aromatic heterocycles. The highest BCUT2D eigenvalue weighted by Gasteiger charge is 2.46. The van der Waals surface area contributed by atoms with E-state index in [0.29, 0.717) is 0 Å². The van der Waals surface area contributed by atoms with Gasteiger partial charge in [0.05, 0.1) is 17.7 Å². The lowest BCUT2D eigenvalue weighted by atomic mass is 10.0. The van der Waals surface area contributed by atoms with Crippen molar-refractivity contribution in [2.75, 3.05) is 13.2 Å². The third kappa shape index (κ3) is 3.37. The third-order valence-electron chi connectivity index (χ3n) is 4.18. The molecule has 2 aliphatic rings. The number of imide groups is 2. The zero-order valence-electron chi connectivity index (χ0n) is 14.1. The van der Waals surface area contributed by atoms with E-state index in [-0.39, 0.29) is 36.3 Å². The lowest BCUT2D eigenvalue weighted by molar-refractivity contribution is -0.136. The van der Waals surface area contributed by atoms with E-state index >= 15 is 0 Å². The molecule has 0 aliphatic carbocycles. The van der Waals surface area contributed by atoms with Crippen molar-refractivity contribution in [3.8, 4) is 18.1 Å². The van der Waals surface area contributed by atoms with Crippen LogP contribution in [0, 0.1) is 12.3 Å². The van der Waals surface area contributed by atoms with Gasteiger partial charge in [0.2, 0.25) is 11.8 Å². The Morgan fingerprint density at radius 3 is 2.78 bits per heavy atom. The number of benzene rings is 1. The van der Waals surface area contributed by atoms with Crippen LogP contribution in [-0.2, 0) is 14.4 Å². The molecule has 0 spiro atoms. The number of carbonyl (C=O) groups is 5. The van der Waals surface area contributed by atoms with Gasteiger partial charge < -0.3 is 10.1 Å². The highest BCUT2D eigenvalue weighted by atomic mass is 16.5. The van der Waals surface area contributed by atoms with Gasteiger partial charge in [-0.1, -0.05) is 12.0 Å². The highest BCUT2D eigenvalue weighted by Crippen LogP contribution is 2.33. The first-order valence-electron chi connectivity index (χ1n) is 8.11. The van der Waals surface area contributed by atoms with Gasteiger partial charge in [-0.05, 0) is 18.6 Å². The number of hydrogen-bond acceptors (Lipinski definition) is 6. The average Bonchev–Trinajstić information content (AvgIpc) is 2.90. The van der Waals surface area contributed by atoms with Gasteiger partial charge in [-0.25, -0.2) is 0 Å². The molecule has 1 aromatic carbocycles. The van der Waals surface area contributed by atoms with Crippen LogP contribution < -0.4 is 15.4 Å². The SMILES string of the molecule is C#CCNC(=O)COc1cccc2c1C(=O)N(C1CCC(=O)NC1=O)C2=O. The Balaban J connectivity index is 1.82. The average molecular weight is 369 g/mol. The molecule has 1 saturated heterocycles. The minimum atomic E-state index is -1.07. The summed E-state index contributed by atoms with van der Waals surface area (Å²) in [5, 5.41) is 4.54. The number of piperidine rings is 1. The van der Waals surface area contributed by atoms with E-state index in [2.05, 4.69) is 16.6 Å². The minimum Gasteiger partial charge on any atom is -0.483 e. The van der Waals surface area contributed by atoms with Crippen molar-refractivity contribution in [2.45, 2.75) is 18.9 Å². The molecule has 138 valence electrons. The number of ether oxygens (including phenoxy) is 1. The Morgan fingerprint density at radius 1 is 1.30 bits per heavy atom. The monoisotopic (exact) mass is 369 g/mol. The van der Waals surface area contributed by atoms with Gasteiger partial charge >= 0.3 is 0 Å². The second-order valence-corrected chi connectivity index (χ2v) is 5.90. The molecular formula is C18H15N3O6. The fraction of sp³-hybridized carbons (Fsp3) is 0.278. The van der Waals surface area contributed by atoms with Crippen LogP contribution in [0.25, 0.3) is 0 Å². The van der Waals surface area contributed by atoms with E-state index in [4.69, 9.17) is 11.2 Å². The summed E-state index contributed by atoms with van der Waals surface area (Å²) in [4.78, 5) is 61.3. The summed E-state index contributed by atoms with van der Waals surface area (Å²) < 4.78 is 5.37. The Labute approximate surface area is 154 Å². The summed E-state index contributed by atoms with van der Waals surface area (Å²) >= 11 is 0. The molecule has 9 heteroatoms. The molecule has 2 heterocycles. The van der Waals surface area contributed by atoms with Crippen LogP contribution in [0.2, 0.25) is 0 Å². The summed E-state index contributed by atoms with van der Waals surface area (Å²) in [6, 6.07) is 3.33. The van der Waals surface area contributed by atoms with Crippen LogP contribution in [0.1, 0.15) is 33.6 Å². The number of carbonyl (C=O) groups excluding carboxylic acids is 5. The van der Waals surface area contributed by atoms with E-state index in [9.17, 15) is 24.0 Å². The van der Waals surface area contributed by atoms with Gasteiger partial charge in [-0.15, -0.1) is 6.42 Å². The Bertz CT molecular complexity index is 901. The van der Waals surface area contributed by atoms with Crippen molar-refractivity contribution in [2.24, 2.45) is 0 Å². The zero-order valence-corrected chi connectivity index (χ0v) is 14.1. The van der Waals surface area contributed by atoms with Crippen LogP contribution in [-0.4, -0.2) is 53.6 Å². The number of hydrogen-bond donors (Lipinski definition) is 2. The van der Waals surface area contributed by atoms with Crippen molar-refractivity contribution in [3.63, 3.8) is 0 Å². The standard InChI is InChI=1S/C18H15N3O6/c1-2-8-19-14(23)9-27-12-5-3-4-10-15(12)18(26)21(17(10)25)11-6-7-13(22)20-16(11)24/h1,3-5,11H,6-9H2,(H,19,23)(H,20,22,24). The normalized spacial score (nSPS) is 18.6. The molecule has 1 unspecified atom stereocenters. The fourth-order valence-electron chi connectivity index (χ4n) is 2.95. The second-order valence-electron chi connectivity index (χ2n) is 5.90. The lowest BCUT2D eigenvalue weighted by Gasteiger charge is -2.27. The minimum absolute atomic E-state index is 0.0167. The van der Waals surface area contributed by atoms with Gasteiger partial charge in [0, 0.05) is 6.42 Å². The second kappa shape index (κ2) is 7.29. The quantitative estimate of drug-likeness (QED) is 0.518. The molecule has 27 heavy (non-hydrogen) atoms. The molecule has 1 atom stereocenters. The maximum absolute atomic E-state index is 12.8. The van der Waals surface area contributed by atoms with Crippen molar-refractivity contribution in [1.29, 1.82) is 0 Å². The molecule has 0 radical (unpaired) electrons. The van der Waals surface area contributed by atoms with Crippen LogP contribution >= 0.6 is 0 Å². The first kappa shape index (κ1) is 18.1. The summed E-state index contributed by atoms with van der Waals surface area (Å²) in [7, 11) is 0. The number of terminal acetylenes is 1. The van der Waals surface area contributed by atoms with Gasteiger partial charge in [0.25, 0.3) is 17.7 Å². The number of nitrogens with one attached hydrogen (secondary N) is 2. The maximum atomic E-state index is 12.8. The smallest absolute Gasteiger partial charge is 0.266 e. The summed E-state index contributed by atoms with van der Waals surface area (Å²) in [6.07, 6.45) is 5.14. The lowest BCUT2D eigenvalue weighted by Crippen LogP contribution is -2.54. The fourth-order valence-corrected chi connectivity index (χ4v) is 2.95. The number of rotatable bonds is 5. The first-order chi connectivity index (χ1) is 12.9. The maximum Gasteiger partial charge on any atom is 0.266 e. The van der Waals surface area contributed by atoms with E-state index < -0.39 is 42.2 Å². The number of nitrogens with zero attached hydrogens (tertiary/aromatic N) is 1. The molecule has 0 bridgehead atoms. The van der Waals surface area contributed by atoms with Crippen LogP contribution in [0.15, 0.2) is 18.2 Å². The largest absolute Gasteiger partial charge is 0.483 e. The van der Waals surface area contributed by atoms with Crippen LogP contribution in [0.5, 0.6) is 5.75 Å². The van der Waals surface area contributed by atoms with Crippen molar-refractivity contribution in [1.82, 2.24) is 15.5 Å². The molecule has 2 N–H and O–H groups in total. The van der Waals surface area contributed by atoms with E-state index in [1.54, 1.807) is 0 Å². The molecule has 2 aliphatic heterocycles. The predicted molar refractivity (Wildman–Crippen MR) is 90.5 cm³/mol. The van der Waals surface area contributed by atoms with Gasteiger partial charge in [0.1, 0.15) is 11.8 Å². The Kier molecular flexibility index (Phi) is 4.90.